The van der Waals surface area contributed by atoms with Gasteiger partial charge in [-0.05, 0) is 50.5 Å². The summed E-state index contributed by atoms with van der Waals surface area (Å²) in [4.78, 5) is 0. The molecule has 0 aromatic heterocycles. The van der Waals surface area contributed by atoms with Crippen molar-refractivity contribution in [2.45, 2.75) is 69.5 Å². The lowest BCUT2D eigenvalue weighted by atomic mass is 9.99. The Balaban J connectivity index is 1.93. The Morgan fingerprint density at radius 2 is 2.00 bits per heavy atom. The number of hydrogen-bond donors (Lipinski definition) is 0. The van der Waals surface area contributed by atoms with Crippen molar-refractivity contribution in [2.75, 3.05) is 12.4 Å². The second-order valence-electron chi connectivity index (χ2n) is 5.69. The highest BCUT2D eigenvalue weighted by molar-refractivity contribution is 7.86. The van der Waals surface area contributed by atoms with E-state index in [1.54, 1.807) is 0 Å². The number of hydrogen-bond acceptors (Lipinski definition) is 2. The average Bonchev–Trinajstić information content (AvgIpc) is 2.82. The number of allylic oxidation sites excluding steroid dienone is 1. The molecule has 2 nitrogen and oxygen atoms in total. The van der Waals surface area contributed by atoms with Gasteiger partial charge in [-0.25, -0.2) is 0 Å². The minimum Gasteiger partial charge on any atom is -0.500 e. The molecule has 2 atom stereocenters. The lowest BCUT2D eigenvalue weighted by Crippen LogP contribution is -2.38. The van der Waals surface area contributed by atoms with Crippen LogP contribution in [0.5, 0.6) is 0 Å². The van der Waals surface area contributed by atoms with Crippen LogP contribution in [0.15, 0.2) is 11.8 Å². The fraction of sp³-hybridized carbons (Fsp3) is 0.867. The van der Waals surface area contributed by atoms with Gasteiger partial charge in [0.2, 0.25) is 0 Å². The van der Waals surface area contributed by atoms with E-state index >= 15 is 0 Å². The van der Waals surface area contributed by atoms with Crippen LogP contribution >= 0.6 is 0 Å². The molecular formula is C15H26O2S. The molecule has 0 radical (unpaired) electrons. The summed E-state index contributed by atoms with van der Waals surface area (Å²) in [5.41, 5.74) is 1.45. The van der Waals surface area contributed by atoms with Crippen molar-refractivity contribution in [3.8, 4) is 0 Å². The van der Waals surface area contributed by atoms with Crippen LogP contribution in [0.25, 0.3) is 0 Å². The Morgan fingerprint density at radius 3 is 2.72 bits per heavy atom. The second-order valence-corrected chi connectivity index (χ2v) is 7.66. The molecule has 1 heterocycles. The lowest BCUT2D eigenvalue weighted by Gasteiger charge is -2.29. The third-order valence-electron chi connectivity index (χ3n) is 4.43. The summed E-state index contributed by atoms with van der Waals surface area (Å²) < 4.78 is 18.1. The van der Waals surface area contributed by atoms with Crippen LogP contribution in [-0.4, -0.2) is 21.3 Å². The van der Waals surface area contributed by atoms with Gasteiger partial charge in [0.25, 0.3) is 0 Å². The standard InChI is InChI=1S/C15H26O2S/c1-2-15(10-6-3-7-11-18(15)16)13-17-12-14-8-4-5-9-14/h12H,2-11,13H2,1H3. The molecule has 18 heavy (non-hydrogen) atoms. The largest absolute Gasteiger partial charge is 0.500 e. The Bertz CT molecular complexity index is 316. The molecule has 1 saturated heterocycles. The van der Waals surface area contributed by atoms with E-state index in [1.807, 2.05) is 6.26 Å². The van der Waals surface area contributed by atoms with Crippen LogP contribution in [0.3, 0.4) is 0 Å². The monoisotopic (exact) mass is 270 g/mol. The van der Waals surface area contributed by atoms with E-state index in [9.17, 15) is 4.21 Å². The van der Waals surface area contributed by atoms with Crippen LogP contribution in [0.4, 0.5) is 0 Å². The Kier molecular flexibility index (Phi) is 5.28. The molecule has 2 aliphatic rings. The van der Waals surface area contributed by atoms with Crippen LogP contribution in [0.2, 0.25) is 0 Å². The summed E-state index contributed by atoms with van der Waals surface area (Å²) in [6.45, 7) is 2.81. The van der Waals surface area contributed by atoms with Gasteiger partial charge < -0.3 is 4.74 Å². The van der Waals surface area contributed by atoms with Gasteiger partial charge in [0.15, 0.2) is 0 Å². The molecule has 104 valence electrons. The quantitative estimate of drug-likeness (QED) is 0.723. The molecule has 1 aliphatic carbocycles. The molecular weight excluding hydrogens is 244 g/mol. The number of ether oxygens (including phenoxy) is 1. The van der Waals surface area contributed by atoms with Crippen LogP contribution in [-0.2, 0) is 15.5 Å². The summed E-state index contributed by atoms with van der Waals surface area (Å²) in [7, 11) is -0.711. The minimum atomic E-state index is -0.711. The van der Waals surface area contributed by atoms with Gasteiger partial charge in [-0.1, -0.05) is 19.8 Å². The van der Waals surface area contributed by atoms with Crippen LogP contribution in [0, 0.1) is 0 Å². The summed E-state index contributed by atoms with van der Waals surface area (Å²) in [6.07, 6.45) is 12.6. The number of rotatable bonds is 4. The van der Waals surface area contributed by atoms with Gasteiger partial charge in [0.05, 0.1) is 11.0 Å². The molecule has 0 spiro atoms. The normalized spacial score (nSPS) is 33.2. The predicted octanol–water partition coefficient (Wildman–Crippen LogP) is 3.93. The summed E-state index contributed by atoms with van der Waals surface area (Å²) in [5.74, 6) is 0.869. The van der Waals surface area contributed by atoms with E-state index in [-0.39, 0.29) is 4.75 Å². The Hall–Kier alpha value is -0.310. The molecule has 0 bridgehead atoms. The predicted molar refractivity (Wildman–Crippen MR) is 77.0 cm³/mol. The topological polar surface area (TPSA) is 26.3 Å². The minimum absolute atomic E-state index is 0.0772. The summed E-state index contributed by atoms with van der Waals surface area (Å²) in [5, 5.41) is 0. The summed E-state index contributed by atoms with van der Waals surface area (Å²) >= 11 is 0. The van der Waals surface area contributed by atoms with Crippen molar-refractivity contribution in [1.29, 1.82) is 0 Å². The van der Waals surface area contributed by atoms with Gasteiger partial charge in [-0.3, -0.25) is 4.21 Å². The maximum Gasteiger partial charge on any atom is 0.104 e. The third-order valence-corrected chi connectivity index (χ3v) is 6.67. The van der Waals surface area contributed by atoms with Crippen molar-refractivity contribution < 1.29 is 8.95 Å². The highest BCUT2D eigenvalue weighted by atomic mass is 32.2. The fourth-order valence-electron chi connectivity index (χ4n) is 3.02. The van der Waals surface area contributed by atoms with Gasteiger partial charge in [0, 0.05) is 16.6 Å². The van der Waals surface area contributed by atoms with Gasteiger partial charge in [-0.15, -0.1) is 0 Å². The maximum atomic E-state index is 12.4. The van der Waals surface area contributed by atoms with Gasteiger partial charge in [-0.2, -0.15) is 0 Å². The van der Waals surface area contributed by atoms with Gasteiger partial charge >= 0.3 is 0 Å². The average molecular weight is 270 g/mol. The lowest BCUT2D eigenvalue weighted by molar-refractivity contribution is 0.197. The fourth-order valence-corrected chi connectivity index (χ4v) is 4.82. The van der Waals surface area contributed by atoms with Crippen molar-refractivity contribution in [2.24, 2.45) is 0 Å². The maximum absolute atomic E-state index is 12.4. The first kappa shape index (κ1) is 14.1. The highest BCUT2D eigenvalue weighted by Gasteiger charge is 2.36. The van der Waals surface area contributed by atoms with E-state index in [2.05, 4.69) is 6.92 Å². The molecule has 0 amide bonds. The molecule has 0 aromatic rings. The molecule has 2 unspecified atom stereocenters. The van der Waals surface area contributed by atoms with E-state index < -0.39 is 10.8 Å². The van der Waals surface area contributed by atoms with Crippen molar-refractivity contribution in [3.63, 3.8) is 0 Å². The zero-order valence-electron chi connectivity index (χ0n) is 11.6. The van der Waals surface area contributed by atoms with Crippen molar-refractivity contribution in [3.05, 3.63) is 11.8 Å². The van der Waals surface area contributed by atoms with Crippen LogP contribution < -0.4 is 0 Å². The van der Waals surface area contributed by atoms with Crippen LogP contribution in [0.1, 0.15) is 64.7 Å². The third kappa shape index (κ3) is 3.37. The first-order valence-electron chi connectivity index (χ1n) is 7.45. The van der Waals surface area contributed by atoms with Crippen molar-refractivity contribution in [1.82, 2.24) is 0 Å². The summed E-state index contributed by atoms with van der Waals surface area (Å²) in [6, 6.07) is 0. The molecule has 0 N–H and O–H groups in total. The van der Waals surface area contributed by atoms with Gasteiger partial charge in [0.1, 0.15) is 6.61 Å². The van der Waals surface area contributed by atoms with E-state index in [0.717, 1.165) is 25.0 Å². The smallest absolute Gasteiger partial charge is 0.104 e. The van der Waals surface area contributed by atoms with E-state index in [4.69, 9.17) is 4.74 Å². The first-order valence-corrected chi connectivity index (χ1v) is 8.77. The highest BCUT2D eigenvalue weighted by Crippen LogP contribution is 2.31. The Labute approximate surface area is 114 Å². The van der Waals surface area contributed by atoms with Crippen molar-refractivity contribution >= 4 is 10.8 Å². The van der Waals surface area contributed by atoms with E-state index in [1.165, 1.54) is 44.1 Å². The zero-order chi connectivity index (χ0) is 12.8. The molecule has 3 heteroatoms. The molecule has 2 rings (SSSR count). The molecule has 0 aromatic carbocycles. The van der Waals surface area contributed by atoms with E-state index in [0.29, 0.717) is 6.61 Å². The Morgan fingerprint density at radius 1 is 1.22 bits per heavy atom. The molecule has 2 fully saturated rings. The second kappa shape index (κ2) is 6.74. The zero-order valence-corrected chi connectivity index (χ0v) is 12.4. The molecule has 1 aliphatic heterocycles. The molecule has 1 saturated carbocycles. The first-order chi connectivity index (χ1) is 8.77. The SMILES string of the molecule is CCC1(COC=C2CCCC2)CCCCCS1=O.